The molecule has 0 fully saturated rings. The molecule has 0 radical (unpaired) electrons. The smallest absolute Gasteiger partial charge is 0.315 e. The minimum Gasteiger partial charge on any atom is -0.493 e. The van der Waals surface area contributed by atoms with Crippen molar-refractivity contribution in [3.8, 4) is 22.8 Å². The van der Waals surface area contributed by atoms with Crippen LogP contribution in [-0.2, 0) is 0 Å². The van der Waals surface area contributed by atoms with Crippen molar-refractivity contribution in [2.24, 2.45) is 5.10 Å². The van der Waals surface area contributed by atoms with E-state index in [-0.39, 0.29) is 17.2 Å². The SMILES string of the molecule is CCOc1c(OC)cc(/C=N\Nc2nc(-c3ccccc3)c(C)s2)cc1[N+](=O)[O-]. The zero-order chi connectivity index (χ0) is 20.8. The van der Waals surface area contributed by atoms with Crippen LogP contribution < -0.4 is 14.9 Å². The maximum absolute atomic E-state index is 11.4. The molecule has 0 aliphatic heterocycles. The van der Waals surface area contributed by atoms with Crippen LogP contribution in [0.15, 0.2) is 47.6 Å². The molecule has 3 rings (SSSR count). The molecule has 1 N–H and O–H groups in total. The van der Waals surface area contributed by atoms with Crippen LogP contribution in [-0.4, -0.2) is 29.8 Å². The predicted molar refractivity (Wildman–Crippen MR) is 114 cm³/mol. The van der Waals surface area contributed by atoms with Crippen molar-refractivity contribution in [1.82, 2.24) is 4.98 Å². The fourth-order valence-corrected chi connectivity index (χ4v) is 3.52. The number of nitro groups is 1. The minimum absolute atomic E-state index is 0.105. The van der Waals surface area contributed by atoms with Crippen molar-refractivity contribution in [1.29, 1.82) is 0 Å². The number of aryl methyl sites for hydroxylation is 1. The molecule has 1 heterocycles. The average Bonchev–Trinajstić information content (AvgIpc) is 3.09. The van der Waals surface area contributed by atoms with Gasteiger partial charge in [-0.25, -0.2) is 4.98 Å². The Bertz CT molecular complexity index is 1030. The van der Waals surface area contributed by atoms with Crippen molar-refractivity contribution < 1.29 is 14.4 Å². The van der Waals surface area contributed by atoms with Crippen LogP contribution in [0.4, 0.5) is 10.8 Å². The fourth-order valence-electron chi connectivity index (χ4n) is 2.73. The van der Waals surface area contributed by atoms with Gasteiger partial charge in [0.05, 0.1) is 30.5 Å². The Balaban J connectivity index is 1.82. The van der Waals surface area contributed by atoms with Crippen LogP contribution in [0.25, 0.3) is 11.3 Å². The number of nitrogens with one attached hydrogen (secondary N) is 1. The quantitative estimate of drug-likeness (QED) is 0.322. The van der Waals surface area contributed by atoms with Gasteiger partial charge >= 0.3 is 5.69 Å². The number of nitro benzene ring substituents is 1. The van der Waals surface area contributed by atoms with E-state index in [0.717, 1.165) is 16.1 Å². The maximum atomic E-state index is 11.4. The number of benzene rings is 2. The Hall–Kier alpha value is -3.46. The Labute approximate surface area is 172 Å². The number of rotatable bonds is 8. The van der Waals surface area contributed by atoms with Crippen LogP contribution in [0, 0.1) is 17.0 Å². The standard InChI is InChI=1S/C20H20N4O4S/c1-4-28-19-16(24(25)26)10-14(11-17(19)27-3)12-21-23-20-22-18(13(2)29-20)15-8-6-5-7-9-15/h5-12H,4H2,1-3H3,(H,22,23)/b21-12-. The molecule has 29 heavy (non-hydrogen) atoms. The van der Waals surface area contributed by atoms with Gasteiger partial charge in [-0.1, -0.05) is 30.3 Å². The Morgan fingerprint density at radius 2 is 2.07 bits per heavy atom. The summed E-state index contributed by atoms with van der Waals surface area (Å²) in [5.74, 6) is 0.382. The number of aromatic nitrogens is 1. The normalized spacial score (nSPS) is 10.9. The van der Waals surface area contributed by atoms with Crippen molar-refractivity contribution in [3.63, 3.8) is 0 Å². The average molecular weight is 412 g/mol. The molecule has 0 amide bonds. The van der Waals surface area contributed by atoms with Crippen molar-refractivity contribution in [2.75, 3.05) is 19.1 Å². The molecule has 0 aliphatic carbocycles. The summed E-state index contributed by atoms with van der Waals surface area (Å²) in [6.07, 6.45) is 1.48. The van der Waals surface area contributed by atoms with E-state index < -0.39 is 4.92 Å². The largest absolute Gasteiger partial charge is 0.493 e. The summed E-state index contributed by atoms with van der Waals surface area (Å²) >= 11 is 1.48. The second-order valence-corrected chi connectivity index (χ2v) is 7.12. The van der Waals surface area contributed by atoms with Gasteiger partial charge in [-0.15, -0.1) is 11.3 Å². The maximum Gasteiger partial charge on any atom is 0.315 e. The van der Waals surface area contributed by atoms with Gasteiger partial charge in [0.25, 0.3) is 0 Å². The summed E-state index contributed by atoms with van der Waals surface area (Å²) in [5, 5.41) is 16.2. The van der Waals surface area contributed by atoms with E-state index in [4.69, 9.17) is 9.47 Å². The van der Waals surface area contributed by atoms with Gasteiger partial charge in [0.15, 0.2) is 5.75 Å². The summed E-state index contributed by atoms with van der Waals surface area (Å²) < 4.78 is 10.6. The van der Waals surface area contributed by atoms with Gasteiger partial charge in [-0.3, -0.25) is 15.5 Å². The van der Waals surface area contributed by atoms with Gasteiger partial charge in [0.1, 0.15) is 0 Å². The van der Waals surface area contributed by atoms with E-state index in [1.165, 1.54) is 30.7 Å². The van der Waals surface area contributed by atoms with Crippen molar-refractivity contribution in [3.05, 3.63) is 63.0 Å². The Morgan fingerprint density at radius 3 is 2.72 bits per heavy atom. The highest BCUT2D eigenvalue weighted by Crippen LogP contribution is 2.38. The number of thiazole rings is 1. The van der Waals surface area contributed by atoms with E-state index in [1.807, 2.05) is 37.3 Å². The predicted octanol–water partition coefficient (Wildman–Crippen LogP) is 4.88. The molecule has 0 saturated heterocycles. The first-order chi connectivity index (χ1) is 14.0. The Kier molecular flexibility index (Phi) is 6.40. The fraction of sp³-hybridized carbons (Fsp3) is 0.200. The molecule has 3 aromatic rings. The van der Waals surface area contributed by atoms with E-state index >= 15 is 0 Å². The number of hydrogen-bond acceptors (Lipinski definition) is 8. The first-order valence-electron chi connectivity index (χ1n) is 8.84. The summed E-state index contributed by atoms with van der Waals surface area (Å²) in [6.45, 7) is 4.04. The van der Waals surface area contributed by atoms with Gasteiger partial charge in [0.2, 0.25) is 10.9 Å². The number of nitrogens with zero attached hydrogens (tertiary/aromatic N) is 3. The molecule has 1 aromatic heterocycles. The van der Waals surface area contributed by atoms with Crippen molar-refractivity contribution in [2.45, 2.75) is 13.8 Å². The number of anilines is 1. The summed E-state index contributed by atoms with van der Waals surface area (Å²) in [5.41, 5.74) is 5.14. The van der Waals surface area contributed by atoms with E-state index in [9.17, 15) is 10.1 Å². The molecule has 2 aromatic carbocycles. The third-order valence-electron chi connectivity index (χ3n) is 3.98. The molecule has 0 unspecified atom stereocenters. The zero-order valence-corrected chi connectivity index (χ0v) is 17.0. The zero-order valence-electron chi connectivity index (χ0n) is 16.2. The summed E-state index contributed by atoms with van der Waals surface area (Å²) in [7, 11) is 1.43. The van der Waals surface area contributed by atoms with Crippen LogP contribution in [0.2, 0.25) is 0 Å². The summed E-state index contributed by atoms with van der Waals surface area (Å²) in [4.78, 5) is 16.5. The molecule has 0 atom stereocenters. The third kappa shape index (κ3) is 4.69. The first-order valence-corrected chi connectivity index (χ1v) is 9.66. The molecular formula is C20H20N4O4S. The topological polar surface area (TPSA) is 98.9 Å². The lowest BCUT2D eigenvalue weighted by atomic mass is 10.1. The van der Waals surface area contributed by atoms with Gasteiger partial charge < -0.3 is 9.47 Å². The molecule has 150 valence electrons. The number of hydrazone groups is 1. The highest BCUT2D eigenvalue weighted by molar-refractivity contribution is 7.15. The highest BCUT2D eigenvalue weighted by Gasteiger charge is 2.21. The summed E-state index contributed by atoms with van der Waals surface area (Å²) in [6, 6.07) is 12.9. The van der Waals surface area contributed by atoms with Gasteiger partial charge in [-0.05, 0) is 19.9 Å². The van der Waals surface area contributed by atoms with Crippen LogP contribution in [0.5, 0.6) is 11.5 Å². The highest BCUT2D eigenvalue weighted by atomic mass is 32.1. The van der Waals surface area contributed by atoms with Gasteiger partial charge in [-0.2, -0.15) is 5.10 Å². The number of methoxy groups -OCH3 is 1. The molecule has 9 heteroatoms. The Morgan fingerprint density at radius 1 is 1.31 bits per heavy atom. The van der Waals surface area contributed by atoms with Gasteiger partial charge in [0, 0.05) is 22.1 Å². The lowest BCUT2D eigenvalue weighted by Gasteiger charge is -2.10. The molecule has 0 saturated carbocycles. The molecular weight excluding hydrogens is 392 g/mol. The number of hydrogen-bond donors (Lipinski definition) is 1. The lowest BCUT2D eigenvalue weighted by molar-refractivity contribution is -0.385. The van der Waals surface area contributed by atoms with E-state index in [0.29, 0.717) is 17.3 Å². The second-order valence-electron chi connectivity index (χ2n) is 5.92. The number of ether oxygens (including phenoxy) is 2. The van der Waals surface area contributed by atoms with Crippen LogP contribution >= 0.6 is 11.3 Å². The lowest BCUT2D eigenvalue weighted by Crippen LogP contribution is -2.02. The first kappa shape index (κ1) is 20.3. The molecule has 0 aliphatic rings. The monoisotopic (exact) mass is 412 g/mol. The van der Waals surface area contributed by atoms with Crippen LogP contribution in [0.1, 0.15) is 17.4 Å². The third-order valence-corrected chi connectivity index (χ3v) is 4.86. The van der Waals surface area contributed by atoms with Crippen molar-refractivity contribution >= 4 is 28.4 Å². The molecule has 0 spiro atoms. The molecule has 8 nitrogen and oxygen atoms in total. The van der Waals surface area contributed by atoms with Crippen LogP contribution in [0.3, 0.4) is 0 Å². The second kappa shape index (κ2) is 9.16. The molecule has 0 bridgehead atoms. The van der Waals surface area contributed by atoms with E-state index in [2.05, 4.69) is 15.5 Å². The minimum atomic E-state index is -0.505. The van der Waals surface area contributed by atoms with E-state index in [1.54, 1.807) is 13.0 Å².